The molecule has 0 spiro atoms. The molecule has 2 amide bonds. The van der Waals surface area contributed by atoms with E-state index < -0.39 is 6.04 Å². The molecule has 0 aliphatic rings. The van der Waals surface area contributed by atoms with E-state index in [0.29, 0.717) is 22.7 Å². The van der Waals surface area contributed by atoms with E-state index in [9.17, 15) is 9.59 Å². The number of rotatable bonds is 10. The lowest BCUT2D eigenvalue weighted by atomic mass is 9.99. The molecule has 1 N–H and O–H groups in total. The maximum Gasteiger partial charge on any atom is 0.247 e. The van der Waals surface area contributed by atoms with Crippen molar-refractivity contribution in [2.24, 2.45) is 5.92 Å². The van der Waals surface area contributed by atoms with E-state index in [1.807, 2.05) is 69.3 Å². The lowest BCUT2D eigenvalue weighted by Gasteiger charge is -2.34. The zero-order chi connectivity index (χ0) is 27.2. The van der Waals surface area contributed by atoms with Gasteiger partial charge in [0.25, 0.3) is 0 Å². The summed E-state index contributed by atoms with van der Waals surface area (Å²) >= 11 is 0. The van der Waals surface area contributed by atoms with Gasteiger partial charge in [0, 0.05) is 12.6 Å². The number of para-hydroxylation sites is 1. The Hall–Kier alpha value is -4.40. The van der Waals surface area contributed by atoms with E-state index in [2.05, 4.69) is 15.6 Å². The normalized spacial score (nSPS) is 11.8. The standard InChI is InChI=1S/C29H33N5O4/c1-19(2)28(29(36)30-24-15-14-22(37-4)16-26(24)38-5)33(17-21-11-7-6-10-20(21)3)27(35)18-34-25-13-9-8-12-23(25)31-32-34/h6-16,19,28H,17-18H2,1-5H3,(H,30,36). The Kier molecular flexibility index (Phi) is 8.25. The number of anilines is 1. The van der Waals surface area contributed by atoms with Crippen LogP contribution in [-0.4, -0.2) is 52.0 Å². The summed E-state index contributed by atoms with van der Waals surface area (Å²) in [5.74, 6) is 0.343. The molecule has 9 heteroatoms. The number of amides is 2. The van der Waals surface area contributed by atoms with Crippen molar-refractivity contribution in [3.05, 3.63) is 77.9 Å². The summed E-state index contributed by atoms with van der Waals surface area (Å²) in [6.07, 6.45) is 0. The Bertz CT molecular complexity index is 1430. The van der Waals surface area contributed by atoms with Crippen LogP contribution in [-0.2, 0) is 22.7 Å². The highest BCUT2D eigenvalue weighted by molar-refractivity contribution is 5.98. The van der Waals surface area contributed by atoms with E-state index in [1.54, 1.807) is 34.9 Å². The second-order valence-electron chi connectivity index (χ2n) is 9.43. The minimum Gasteiger partial charge on any atom is -0.497 e. The van der Waals surface area contributed by atoms with Crippen molar-refractivity contribution in [1.29, 1.82) is 0 Å². The van der Waals surface area contributed by atoms with E-state index in [0.717, 1.165) is 16.6 Å². The molecule has 0 aliphatic carbocycles. The van der Waals surface area contributed by atoms with Gasteiger partial charge in [0.1, 0.15) is 29.6 Å². The predicted octanol–water partition coefficient (Wildman–Crippen LogP) is 4.45. The number of carbonyl (C=O) groups is 2. The Morgan fingerprint density at radius 1 is 1.00 bits per heavy atom. The molecular weight excluding hydrogens is 482 g/mol. The summed E-state index contributed by atoms with van der Waals surface area (Å²) in [7, 11) is 3.09. The first-order valence-corrected chi connectivity index (χ1v) is 12.5. The first-order chi connectivity index (χ1) is 18.3. The molecule has 1 unspecified atom stereocenters. The van der Waals surface area contributed by atoms with Crippen LogP contribution in [0.4, 0.5) is 5.69 Å². The molecule has 9 nitrogen and oxygen atoms in total. The molecular formula is C29H33N5O4. The number of hydrogen-bond donors (Lipinski definition) is 1. The third-order valence-electron chi connectivity index (χ3n) is 6.53. The Balaban J connectivity index is 1.68. The van der Waals surface area contributed by atoms with Crippen molar-refractivity contribution in [2.45, 2.75) is 39.9 Å². The molecule has 4 rings (SSSR count). The van der Waals surface area contributed by atoms with Gasteiger partial charge in [-0.05, 0) is 48.2 Å². The zero-order valence-corrected chi connectivity index (χ0v) is 22.3. The van der Waals surface area contributed by atoms with Crippen LogP contribution in [0.15, 0.2) is 66.7 Å². The highest BCUT2D eigenvalue weighted by atomic mass is 16.5. The fraction of sp³-hybridized carbons (Fsp3) is 0.310. The van der Waals surface area contributed by atoms with E-state index in [-0.39, 0.29) is 30.8 Å². The van der Waals surface area contributed by atoms with Crippen molar-refractivity contribution in [3.8, 4) is 11.5 Å². The zero-order valence-electron chi connectivity index (χ0n) is 22.3. The minimum absolute atomic E-state index is 0.0469. The van der Waals surface area contributed by atoms with Crippen LogP contribution >= 0.6 is 0 Å². The van der Waals surface area contributed by atoms with Gasteiger partial charge < -0.3 is 19.7 Å². The fourth-order valence-corrected chi connectivity index (χ4v) is 4.48. The van der Waals surface area contributed by atoms with Crippen molar-refractivity contribution in [3.63, 3.8) is 0 Å². The highest BCUT2D eigenvalue weighted by Gasteiger charge is 2.33. The quantitative estimate of drug-likeness (QED) is 0.335. The third kappa shape index (κ3) is 5.77. The first kappa shape index (κ1) is 26.7. The second-order valence-corrected chi connectivity index (χ2v) is 9.43. The van der Waals surface area contributed by atoms with Gasteiger partial charge in [-0.25, -0.2) is 4.68 Å². The molecule has 0 saturated carbocycles. The summed E-state index contributed by atoms with van der Waals surface area (Å²) in [6, 6.07) is 19.7. The number of aryl methyl sites for hydroxylation is 1. The molecule has 3 aromatic carbocycles. The van der Waals surface area contributed by atoms with Crippen molar-refractivity contribution in [2.75, 3.05) is 19.5 Å². The molecule has 4 aromatic rings. The summed E-state index contributed by atoms with van der Waals surface area (Å²) in [5, 5.41) is 11.3. The lowest BCUT2D eigenvalue weighted by Crippen LogP contribution is -2.51. The summed E-state index contributed by atoms with van der Waals surface area (Å²) in [6.45, 7) is 6.08. The van der Waals surface area contributed by atoms with Gasteiger partial charge in [-0.1, -0.05) is 55.5 Å². The van der Waals surface area contributed by atoms with Gasteiger partial charge in [-0.15, -0.1) is 5.10 Å². The van der Waals surface area contributed by atoms with E-state index >= 15 is 0 Å². The maximum atomic E-state index is 13.9. The molecule has 198 valence electrons. The summed E-state index contributed by atoms with van der Waals surface area (Å²) < 4.78 is 12.3. The number of methoxy groups -OCH3 is 2. The number of benzene rings is 3. The summed E-state index contributed by atoms with van der Waals surface area (Å²) in [4.78, 5) is 29.3. The van der Waals surface area contributed by atoms with Gasteiger partial charge in [-0.2, -0.15) is 0 Å². The van der Waals surface area contributed by atoms with Crippen molar-refractivity contribution in [1.82, 2.24) is 19.9 Å². The Labute approximate surface area is 222 Å². The topological polar surface area (TPSA) is 98.6 Å². The van der Waals surface area contributed by atoms with Gasteiger partial charge in [-0.3, -0.25) is 9.59 Å². The van der Waals surface area contributed by atoms with E-state index in [4.69, 9.17) is 9.47 Å². The molecule has 1 aromatic heterocycles. The largest absolute Gasteiger partial charge is 0.497 e. The Morgan fingerprint density at radius 3 is 2.45 bits per heavy atom. The number of hydrogen-bond acceptors (Lipinski definition) is 6. The number of nitrogens with zero attached hydrogens (tertiary/aromatic N) is 4. The van der Waals surface area contributed by atoms with Crippen LogP contribution < -0.4 is 14.8 Å². The molecule has 0 fully saturated rings. The van der Waals surface area contributed by atoms with Crippen molar-refractivity contribution < 1.29 is 19.1 Å². The Morgan fingerprint density at radius 2 is 1.74 bits per heavy atom. The average Bonchev–Trinajstić information content (AvgIpc) is 3.32. The number of fused-ring (bicyclic) bond motifs is 1. The van der Waals surface area contributed by atoms with Crippen LogP contribution in [0.25, 0.3) is 11.0 Å². The van der Waals surface area contributed by atoms with Crippen LogP contribution in [0, 0.1) is 12.8 Å². The van der Waals surface area contributed by atoms with Gasteiger partial charge in [0.2, 0.25) is 11.8 Å². The third-order valence-corrected chi connectivity index (χ3v) is 6.53. The van der Waals surface area contributed by atoms with Gasteiger partial charge in [0.15, 0.2) is 0 Å². The molecule has 0 bridgehead atoms. The maximum absolute atomic E-state index is 13.9. The predicted molar refractivity (Wildman–Crippen MR) is 146 cm³/mol. The van der Waals surface area contributed by atoms with E-state index in [1.165, 1.54) is 7.11 Å². The smallest absolute Gasteiger partial charge is 0.247 e. The highest BCUT2D eigenvalue weighted by Crippen LogP contribution is 2.30. The molecule has 1 heterocycles. The summed E-state index contributed by atoms with van der Waals surface area (Å²) in [5.41, 5.74) is 3.95. The van der Waals surface area contributed by atoms with Gasteiger partial charge in [0.05, 0.1) is 25.4 Å². The molecule has 0 aliphatic heterocycles. The molecule has 0 saturated heterocycles. The number of ether oxygens (including phenoxy) is 2. The average molecular weight is 516 g/mol. The fourth-order valence-electron chi connectivity index (χ4n) is 4.48. The van der Waals surface area contributed by atoms with Crippen LogP contribution in [0.5, 0.6) is 11.5 Å². The molecule has 0 radical (unpaired) electrons. The van der Waals surface area contributed by atoms with Crippen LogP contribution in [0.1, 0.15) is 25.0 Å². The first-order valence-electron chi connectivity index (χ1n) is 12.5. The number of carbonyl (C=O) groups excluding carboxylic acids is 2. The lowest BCUT2D eigenvalue weighted by molar-refractivity contribution is -0.141. The SMILES string of the molecule is COc1ccc(NC(=O)C(C(C)C)N(Cc2ccccc2C)C(=O)Cn2nnc3ccccc32)c(OC)c1. The monoisotopic (exact) mass is 515 g/mol. The molecule has 1 atom stereocenters. The van der Waals surface area contributed by atoms with Crippen LogP contribution in [0.2, 0.25) is 0 Å². The number of nitrogens with one attached hydrogen (secondary N) is 1. The molecule has 38 heavy (non-hydrogen) atoms. The second kappa shape index (κ2) is 11.8. The minimum atomic E-state index is -0.760. The number of aromatic nitrogens is 3. The van der Waals surface area contributed by atoms with Crippen molar-refractivity contribution >= 4 is 28.5 Å². The van der Waals surface area contributed by atoms with Gasteiger partial charge >= 0.3 is 0 Å². The van der Waals surface area contributed by atoms with Crippen LogP contribution in [0.3, 0.4) is 0 Å².